The van der Waals surface area contributed by atoms with Crippen LogP contribution in [0.5, 0.6) is 0 Å². The molecule has 22 nitrogen and oxygen atoms in total. The largest absolute Gasteiger partial charge is 0.443 e. The predicted molar refractivity (Wildman–Crippen MR) is 497 cm³/mol. The van der Waals surface area contributed by atoms with E-state index in [9.17, 15) is 118 Å². The Hall–Kier alpha value is -9.88. The zero-order valence-electron chi connectivity index (χ0n) is 69.0. The van der Waals surface area contributed by atoms with Crippen LogP contribution < -0.4 is 31.4 Å². The molecule has 12 aromatic rings. The SMILES string of the molecule is C.C.C.C.CC(C)(C)OC(=O)NS(=O)(=O)N(Cc1ccc(F)c(C(F)(F)F)c1)c1cc2ccccc2s1.CC(C)(C)OC(=O)NS(=O)(=O)N(Cc1ccc(F)c(C(F)(F)F)c1)c1sc2ccccc2c1Cl.CN(C(=O)OC(C)(C)C)S(=O)(=O)N(Cc1ccc(F)c(C(F)(F)F)c1)c1sc2ccccc2c1Cl.CNS(=O)(=O)N(Cc1ccc(F)c(C(F)(F)F)c1)c1sc2ccccc2c1Cl. The number of amides is 3. The minimum absolute atomic E-state index is 0. The van der Waals surface area contributed by atoms with Crippen LogP contribution in [-0.2, 0) is 106 Å². The van der Waals surface area contributed by atoms with Gasteiger partial charge < -0.3 is 14.2 Å². The molecule has 8 aromatic carbocycles. The van der Waals surface area contributed by atoms with E-state index in [1.165, 1.54) is 33.9 Å². The van der Waals surface area contributed by atoms with Gasteiger partial charge in [-0.25, -0.2) is 63.3 Å². The molecular weight excluding hydrogens is 2020 g/mol. The van der Waals surface area contributed by atoms with Crippen molar-refractivity contribution in [3.63, 3.8) is 0 Å². The van der Waals surface area contributed by atoms with Gasteiger partial charge in [0.25, 0.3) is 0 Å². The topological polar surface area (TPSA) is 268 Å². The van der Waals surface area contributed by atoms with E-state index in [1.54, 1.807) is 148 Å². The van der Waals surface area contributed by atoms with E-state index in [2.05, 4.69) is 4.72 Å². The van der Waals surface area contributed by atoms with Gasteiger partial charge in [-0.15, -0.1) is 45.3 Å². The van der Waals surface area contributed by atoms with E-state index in [0.29, 0.717) is 97.1 Å². The molecule has 0 radical (unpaired) electrons. The summed E-state index contributed by atoms with van der Waals surface area (Å²) in [7, 11) is -16.0. The maximum atomic E-state index is 13.8. The summed E-state index contributed by atoms with van der Waals surface area (Å²) < 4.78 is 344. The van der Waals surface area contributed by atoms with Crippen molar-refractivity contribution in [2.24, 2.45) is 0 Å². The normalized spacial score (nSPS) is 12.2. The monoisotopic (exact) mass is 2110 g/mol. The minimum Gasteiger partial charge on any atom is -0.443 e. The van der Waals surface area contributed by atoms with Gasteiger partial charge >= 0.3 is 83.8 Å². The van der Waals surface area contributed by atoms with E-state index < -0.39 is 172 Å². The van der Waals surface area contributed by atoms with Crippen LogP contribution in [0.25, 0.3) is 40.3 Å². The lowest BCUT2D eigenvalue weighted by molar-refractivity contribution is -0.140. The van der Waals surface area contributed by atoms with Gasteiger partial charge in [-0.3, -0.25) is 0 Å². The Kier molecular flexibility index (Phi) is 37.7. The third-order valence-electron chi connectivity index (χ3n) is 17.2. The molecule has 0 bridgehead atoms. The molecule has 0 unspecified atom stereocenters. The number of alkyl halides is 12. The molecule has 0 saturated heterocycles. The van der Waals surface area contributed by atoms with Crippen LogP contribution in [0.4, 0.5) is 105 Å². The first kappa shape index (κ1) is 115. The fourth-order valence-corrected chi connectivity index (χ4v) is 22.5. The summed E-state index contributed by atoms with van der Waals surface area (Å²) in [5, 5.41) is 2.79. The molecule has 134 heavy (non-hydrogen) atoms. The van der Waals surface area contributed by atoms with Crippen molar-refractivity contribution in [2.75, 3.05) is 31.3 Å². The number of hydrogen-bond donors (Lipinski definition) is 3. The molecule has 0 aliphatic rings. The van der Waals surface area contributed by atoms with Gasteiger partial charge in [0.15, 0.2) is 0 Å². The Morgan fingerprint density at radius 3 is 0.918 bits per heavy atom. The maximum absolute atomic E-state index is 13.8. The van der Waals surface area contributed by atoms with Crippen LogP contribution >= 0.6 is 80.1 Å². The molecule has 0 aliphatic carbocycles. The number of thiophene rings is 4. The lowest BCUT2D eigenvalue weighted by atomic mass is 10.1. The zero-order valence-corrected chi connectivity index (χ0v) is 77.8. The minimum atomic E-state index is -4.99. The highest BCUT2D eigenvalue weighted by molar-refractivity contribution is 7.92. The molecule has 0 saturated carbocycles. The van der Waals surface area contributed by atoms with E-state index in [0.717, 1.165) is 90.0 Å². The number of anilines is 4. The van der Waals surface area contributed by atoms with E-state index in [4.69, 9.17) is 49.0 Å². The number of carbonyl (C=O) groups excluding carboxylic acids is 3. The molecule has 734 valence electrons. The van der Waals surface area contributed by atoms with Crippen molar-refractivity contribution >= 4 is 200 Å². The molecule has 3 N–H and O–H groups in total. The molecule has 4 heterocycles. The van der Waals surface area contributed by atoms with Crippen LogP contribution in [-0.4, -0.2) is 87.2 Å². The van der Waals surface area contributed by atoms with Gasteiger partial charge in [0.1, 0.15) is 60.1 Å². The lowest BCUT2D eigenvalue weighted by Gasteiger charge is -2.30. The number of hydrogen-bond acceptors (Lipinski definition) is 18. The summed E-state index contributed by atoms with van der Waals surface area (Å²) in [5.41, 5.74) is -9.62. The molecule has 3 amide bonds. The predicted octanol–water partition coefficient (Wildman–Crippen LogP) is 26.9. The molecule has 0 aliphatic heterocycles. The van der Waals surface area contributed by atoms with Crippen molar-refractivity contribution in [2.45, 2.75) is 160 Å². The first-order valence-corrected chi connectivity index (χ1v) is 47.1. The number of nitrogens with zero attached hydrogens (tertiary/aromatic N) is 5. The van der Waals surface area contributed by atoms with Crippen LogP contribution in [0.15, 0.2) is 176 Å². The van der Waals surface area contributed by atoms with E-state index in [-0.39, 0.29) is 87.0 Å². The van der Waals surface area contributed by atoms with Crippen molar-refractivity contribution < 1.29 is 133 Å². The lowest BCUT2D eigenvalue weighted by Crippen LogP contribution is -2.46. The fraction of sp³-hybridized carbons (Fsp3) is 0.306. The number of nitrogens with one attached hydrogen (secondary N) is 3. The molecule has 0 spiro atoms. The first-order valence-electron chi connectivity index (χ1n) is 37.0. The Bertz CT molecular complexity index is 6670. The van der Waals surface area contributed by atoms with E-state index in [1.807, 2.05) is 0 Å². The average molecular weight is 2110 g/mol. The van der Waals surface area contributed by atoms with Gasteiger partial charge in [-0.05, 0) is 169 Å². The second kappa shape index (κ2) is 44.1. The Labute approximate surface area is 794 Å². The first-order chi connectivity index (χ1) is 59.8. The molecule has 4 aromatic heterocycles. The molecule has 0 fully saturated rings. The Morgan fingerprint density at radius 2 is 0.627 bits per heavy atom. The third-order valence-corrected chi connectivity index (χ3v) is 29.6. The summed E-state index contributed by atoms with van der Waals surface area (Å²) in [5.74, 6) is -5.91. The van der Waals surface area contributed by atoms with Crippen LogP contribution in [0.3, 0.4) is 0 Å². The van der Waals surface area contributed by atoms with Gasteiger partial charge in [0.2, 0.25) is 0 Å². The van der Waals surface area contributed by atoms with Gasteiger partial charge in [-0.2, -0.15) is 90.7 Å². The van der Waals surface area contributed by atoms with Crippen molar-refractivity contribution in [1.82, 2.24) is 18.5 Å². The van der Waals surface area contributed by atoms with Crippen LogP contribution in [0.1, 0.15) is 137 Å². The van der Waals surface area contributed by atoms with Crippen molar-refractivity contribution in [1.29, 1.82) is 0 Å². The second-order valence-electron chi connectivity index (χ2n) is 30.4. The van der Waals surface area contributed by atoms with Gasteiger partial charge in [-0.1, -0.05) is 162 Å². The smallest absolute Gasteiger partial charge is 0.425 e. The highest BCUT2D eigenvalue weighted by Crippen LogP contribution is 2.49. The number of fused-ring (bicyclic) bond motifs is 4. The Morgan fingerprint density at radius 1 is 0.358 bits per heavy atom. The van der Waals surface area contributed by atoms with Crippen LogP contribution in [0.2, 0.25) is 15.1 Å². The number of rotatable bonds is 20. The van der Waals surface area contributed by atoms with Crippen LogP contribution in [0, 0.1) is 23.3 Å². The number of halogens is 19. The standard InChI is InChI=1S/C22H21ClF4N2O4S2.C21H19ClF4N2O4S2.C21H20F4N2O4S2.C17H13ClF4N2O2S2.4CH4/c1-21(2,3)33-20(30)28(4)35(31,32)29(19-18(23)14-7-5-6-8-17(14)34-19)12-13-9-10-16(24)15(11-13)22(25,26)27;1-20(2,3)32-19(29)27-34(30,31)28(18-17(22)13-6-4-5-7-16(13)33-18)11-12-8-9-15(23)14(10-12)21(24,25)26;1-20(2,3)31-19(28)26-33(29,30)27(18-11-14-6-4-5-7-17(14)32-18)12-13-8-9-16(22)15(10-13)21(23,24)25;1-23-28(25,26)24(16-15(18)11-4-2-3-5-14(11)27-16)9-10-6-7-13(19)12(8-10)17(20,21)22;;;;/h5-11H,12H2,1-4H3;4-10H,11H2,1-3H3,(H,27,29);4-11H,12H2,1-3H3,(H,26,28);2-8,23H,9H2,1H3;4*1H4. The highest BCUT2D eigenvalue weighted by atomic mass is 35.5. The number of ether oxygens (including phenoxy) is 3. The van der Waals surface area contributed by atoms with E-state index >= 15 is 0 Å². The Balaban J connectivity index is 0.000000314. The quantitative estimate of drug-likeness (QED) is 0.0473. The highest BCUT2D eigenvalue weighted by Gasteiger charge is 2.43. The molecule has 0 atom stereocenters. The summed E-state index contributed by atoms with van der Waals surface area (Å²) >= 11 is 23.3. The fourth-order valence-electron chi connectivity index (χ4n) is 11.5. The summed E-state index contributed by atoms with van der Waals surface area (Å²) in [4.78, 5) is 36.9. The zero-order chi connectivity index (χ0) is 97.1. The van der Waals surface area contributed by atoms with Gasteiger partial charge in [0.05, 0.1) is 63.5 Å². The number of benzene rings is 8. The molecule has 12 rings (SSSR count). The second-order valence-corrected chi connectivity index (χ2v) is 42.6. The molecular formula is C85H89Cl3F16N8O14S8. The summed E-state index contributed by atoms with van der Waals surface area (Å²) in [6, 6.07) is 37.7. The number of carbonyl (C=O) groups is 3. The van der Waals surface area contributed by atoms with Gasteiger partial charge in [0, 0.05) is 49.1 Å². The average Bonchev–Trinajstić information content (AvgIpc) is 1.50. The third kappa shape index (κ3) is 29.1. The molecule has 49 heteroatoms. The van der Waals surface area contributed by atoms with Crippen molar-refractivity contribution in [3.05, 3.63) is 259 Å². The summed E-state index contributed by atoms with van der Waals surface area (Å²) in [6.07, 6.45) is -23.6. The van der Waals surface area contributed by atoms with Crippen molar-refractivity contribution in [3.8, 4) is 0 Å². The maximum Gasteiger partial charge on any atom is 0.425 e. The summed E-state index contributed by atoms with van der Waals surface area (Å²) in [6.45, 7) is 11.5.